The number of rotatable bonds is 5. The lowest BCUT2D eigenvalue weighted by Gasteiger charge is -2.25. The summed E-state index contributed by atoms with van der Waals surface area (Å²) in [5, 5.41) is 10.2. The van der Waals surface area contributed by atoms with Gasteiger partial charge in [0.05, 0.1) is 7.11 Å². The van der Waals surface area contributed by atoms with Gasteiger partial charge in [0.2, 0.25) is 0 Å². The number of anilines is 1. The minimum Gasteiger partial charge on any atom is -0.497 e. The van der Waals surface area contributed by atoms with Crippen molar-refractivity contribution in [1.82, 2.24) is 15.2 Å². The number of ether oxygens (including phenoxy) is 1. The molecule has 1 aliphatic heterocycles. The maximum absolute atomic E-state index is 13.1. The number of H-pyrrole nitrogens is 1. The van der Waals surface area contributed by atoms with Gasteiger partial charge in [-0.25, -0.2) is 4.98 Å². The van der Waals surface area contributed by atoms with Crippen molar-refractivity contribution >= 4 is 22.9 Å². The first-order chi connectivity index (χ1) is 12.6. The first kappa shape index (κ1) is 16.8. The molecule has 2 aromatic heterocycles. The summed E-state index contributed by atoms with van der Waals surface area (Å²) in [7, 11) is 1.63. The van der Waals surface area contributed by atoms with Crippen molar-refractivity contribution in [3.8, 4) is 5.75 Å². The number of aromatic nitrogens is 3. The number of nitrogens with one attached hydrogen (secondary N) is 1. The highest BCUT2D eigenvalue weighted by Crippen LogP contribution is 2.43. The molecule has 1 aliphatic rings. The molecule has 1 amide bonds. The summed E-state index contributed by atoms with van der Waals surface area (Å²) in [6, 6.07) is 7.26. The van der Waals surface area contributed by atoms with E-state index in [9.17, 15) is 4.79 Å². The molecule has 6 nitrogen and oxygen atoms in total. The van der Waals surface area contributed by atoms with Crippen LogP contribution in [-0.2, 0) is 6.42 Å². The number of hydrogen-bond donors (Lipinski definition) is 1. The van der Waals surface area contributed by atoms with Crippen LogP contribution in [0.15, 0.2) is 35.8 Å². The Morgan fingerprint density at radius 2 is 2.08 bits per heavy atom. The van der Waals surface area contributed by atoms with Gasteiger partial charge in [0.25, 0.3) is 5.91 Å². The minimum absolute atomic E-state index is 0.100. The first-order valence-electron chi connectivity index (χ1n) is 8.54. The van der Waals surface area contributed by atoms with Gasteiger partial charge >= 0.3 is 0 Å². The van der Waals surface area contributed by atoms with Crippen molar-refractivity contribution in [3.05, 3.63) is 57.8 Å². The Morgan fingerprint density at radius 1 is 1.31 bits per heavy atom. The lowest BCUT2D eigenvalue weighted by Crippen LogP contribution is -2.29. The van der Waals surface area contributed by atoms with Crippen molar-refractivity contribution in [1.29, 1.82) is 0 Å². The number of benzene rings is 1. The normalized spacial score (nSPS) is 16.4. The van der Waals surface area contributed by atoms with Crippen LogP contribution in [0.1, 0.15) is 46.6 Å². The second-order valence-electron chi connectivity index (χ2n) is 6.71. The molecule has 0 aliphatic carbocycles. The fourth-order valence-corrected chi connectivity index (χ4v) is 4.12. The number of fused-ring (bicyclic) bond motifs is 1. The summed E-state index contributed by atoms with van der Waals surface area (Å²) in [4.78, 5) is 19.4. The fraction of sp³-hybridized carbons (Fsp3) is 0.316. The molecule has 0 saturated heterocycles. The molecule has 1 unspecified atom stereocenters. The van der Waals surface area contributed by atoms with Crippen molar-refractivity contribution < 1.29 is 9.53 Å². The van der Waals surface area contributed by atoms with E-state index in [1.165, 1.54) is 0 Å². The lowest BCUT2D eigenvalue weighted by molar-refractivity contribution is 0.0988. The second-order valence-corrected chi connectivity index (χ2v) is 7.63. The number of thiazole rings is 1. The van der Waals surface area contributed by atoms with Crippen LogP contribution in [-0.4, -0.2) is 28.2 Å². The summed E-state index contributed by atoms with van der Waals surface area (Å²) in [6.07, 6.45) is 2.62. The summed E-state index contributed by atoms with van der Waals surface area (Å²) in [5.74, 6) is 1.11. The Bertz CT molecular complexity index is 916. The number of carbonyl (C=O) groups is 1. The SMILES string of the molecule is COc1ccc(N2C(=O)c3n[nH]c(CC(C)C)c3C2c2nccs2)cc1. The topological polar surface area (TPSA) is 71.1 Å². The summed E-state index contributed by atoms with van der Waals surface area (Å²) < 4.78 is 5.24. The van der Waals surface area contributed by atoms with Gasteiger partial charge in [0.1, 0.15) is 16.8 Å². The predicted molar refractivity (Wildman–Crippen MR) is 101 cm³/mol. The van der Waals surface area contributed by atoms with Gasteiger partial charge in [-0.2, -0.15) is 5.10 Å². The Hall–Kier alpha value is -2.67. The summed E-state index contributed by atoms with van der Waals surface area (Å²) in [5.41, 5.74) is 3.27. The van der Waals surface area contributed by atoms with Crippen LogP contribution in [0.3, 0.4) is 0 Å². The average Bonchev–Trinajstić information content (AvgIpc) is 3.34. The predicted octanol–water partition coefficient (Wildman–Crippen LogP) is 3.82. The third-order valence-electron chi connectivity index (χ3n) is 4.48. The molecule has 1 aromatic carbocycles. The summed E-state index contributed by atoms with van der Waals surface area (Å²) >= 11 is 1.55. The number of aromatic amines is 1. The molecule has 0 saturated carbocycles. The van der Waals surface area contributed by atoms with Gasteiger partial charge in [-0.15, -0.1) is 11.3 Å². The molecule has 1 N–H and O–H groups in total. The van der Waals surface area contributed by atoms with Gasteiger partial charge in [0, 0.05) is 28.5 Å². The first-order valence-corrected chi connectivity index (χ1v) is 9.42. The van der Waals surface area contributed by atoms with Crippen LogP contribution in [0.4, 0.5) is 5.69 Å². The van der Waals surface area contributed by atoms with E-state index >= 15 is 0 Å². The third kappa shape index (κ3) is 2.68. The third-order valence-corrected chi connectivity index (χ3v) is 5.31. The summed E-state index contributed by atoms with van der Waals surface area (Å²) in [6.45, 7) is 4.31. The van der Waals surface area contributed by atoms with E-state index in [2.05, 4.69) is 29.0 Å². The van der Waals surface area contributed by atoms with Gasteiger partial charge in [-0.3, -0.25) is 14.8 Å². The van der Waals surface area contributed by atoms with Crippen molar-refractivity contribution in [3.63, 3.8) is 0 Å². The molecule has 134 valence electrons. The van der Waals surface area contributed by atoms with Gasteiger partial charge < -0.3 is 4.74 Å². The van der Waals surface area contributed by atoms with Crippen LogP contribution in [0.25, 0.3) is 0 Å². The molecular formula is C19H20N4O2S. The monoisotopic (exact) mass is 368 g/mol. The smallest absolute Gasteiger partial charge is 0.280 e. The Labute approximate surface area is 155 Å². The molecule has 1 atom stereocenters. The highest BCUT2D eigenvalue weighted by molar-refractivity contribution is 7.09. The van der Waals surface area contributed by atoms with Crippen molar-refractivity contribution in [2.24, 2.45) is 5.92 Å². The van der Waals surface area contributed by atoms with Gasteiger partial charge in [0.15, 0.2) is 5.69 Å². The Balaban J connectivity index is 1.83. The Kier molecular flexibility index (Phi) is 4.24. The fourth-order valence-electron chi connectivity index (χ4n) is 3.38. The molecule has 4 rings (SSSR count). The molecule has 0 spiro atoms. The highest BCUT2D eigenvalue weighted by atomic mass is 32.1. The maximum Gasteiger partial charge on any atom is 0.280 e. The van der Waals surface area contributed by atoms with E-state index < -0.39 is 0 Å². The van der Waals surface area contributed by atoms with E-state index in [0.29, 0.717) is 11.6 Å². The number of amides is 1. The molecule has 3 heterocycles. The van der Waals surface area contributed by atoms with Crippen LogP contribution >= 0.6 is 11.3 Å². The second kappa shape index (κ2) is 6.57. The van der Waals surface area contributed by atoms with E-state index in [4.69, 9.17) is 4.74 Å². The number of carbonyl (C=O) groups excluding carboxylic acids is 1. The molecule has 0 fully saturated rings. The highest BCUT2D eigenvalue weighted by Gasteiger charge is 2.44. The zero-order valence-corrected chi connectivity index (χ0v) is 15.7. The average molecular weight is 368 g/mol. The maximum atomic E-state index is 13.1. The van der Waals surface area contributed by atoms with E-state index in [-0.39, 0.29) is 11.9 Å². The van der Waals surface area contributed by atoms with Crippen LogP contribution in [0.5, 0.6) is 5.75 Å². The van der Waals surface area contributed by atoms with E-state index in [1.54, 1.807) is 29.5 Å². The quantitative estimate of drug-likeness (QED) is 0.743. The standard InChI is InChI=1S/C19H20N4O2S/c1-11(2)10-14-15-16(22-21-14)19(24)23(17(15)18-20-8-9-26-18)12-4-6-13(25-3)7-5-12/h4-9,11,17H,10H2,1-3H3,(H,21,22). The molecule has 26 heavy (non-hydrogen) atoms. The van der Waals surface area contributed by atoms with Crippen LogP contribution in [0.2, 0.25) is 0 Å². The molecule has 3 aromatic rings. The number of methoxy groups -OCH3 is 1. The van der Waals surface area contributed by atoms with Gasteiger partial charge in [-0.05, 0) is 36.6 Å². The largest absolute Gasteiger partial charge is 0.497 e. The van der Waals surface area contributed by atoms with Crippen molar-refractivity contribution in [2.75, 3.05) is 12.0 Å². The van der Waals surface area contributed by atoms with Crippen molar-refractivity contribution in [2.45, 2.75) is 26.3 Å². The molecule has 7 heteroatoms. The minimum atomic E-state index is -0.251. The number of hydrogen-bond acceptors (Lipinski definition) is 5. The zero-order chi connectivity index (χ0) is 18.3. The van der Waals surface area contributed by atoms with Crippen LogP contribution < -0.4 is 9.64 Å². The Morgan fingerprint density at radius 3 is 2.69 bits per heavy atom. The van der Waals surface area contributed by atoms with E-state index in [0.717, 1.165) is 34.1 Å². The zero-order valence-electron chi connectivity index (χ0n) is 14.9. The van der Waals surface area contributed by atoms with Gasteiger partial charge in [-0.1, -0.05) is 13.8 Å². The molecule has 0 radical (unpaired) electrons. The van der Waals surface area contributed by atoms with E-state index in [1.807, 2.05) is 29.6 Å². The molecule has 0 bridgehead atoms. The lowest BCUT2D eigenvalue weighted by atomic mass is 10.0. The number of nitrogens with zero attached hydrogens (tertiary/aromatic N) is 3. The van der Waals surface area contributed by atoms with Crippen LogP contribution in [0, 0.1) is 5.92 Å². The molecular weight excluding hydrogens is 348 g/mol.